The fourth-order valence-corrected chi connectivity index (χ4v) is 6.84. The molecule has 0 spiro atoms. The Morgan fingerprint density at radius 1 is 0.782 bits per heavy atom. The fraction of sp³-hybridized carbons (Fsp3) is 0.355. The number of hydrogen-bond donors (Lipinski definition) is 5. The zero-order chi connectivity index (χ0) is 37.7. The standard InChI is InChI=1S/C16H18BN3O6S.C14H14BN3O6S.CH4.Li.H2O/c1-4-24-13(22)7-12-14-8(2)5-10(6-11(14)17(23)26-12)25-16-20-19-15(27-16)18-9(3)21;1-6-3-8(23-14-18-17-13(25-14)16-7(2)19)4-9-12(6)10(5-11(20)21)24-15(9)22;;;/h5-6,12,23H,4,7H2,1-3H3,(H,18,19,21);3-4,10,22H,5H2,1-2H3,(H,20,21)(H,16,17,19);1H4;;1H2/q;;;+1;/p-1. The molecule has 55 heavy (non-hydrogen) atoms. The van der Waals surface area contributed by atoms with Crippen LogP contribution in [0.5, 0.6) is 21.9 Å². The summed E-state index contributed by atoms with van der Waals surface area (Å²) in [5.74, 6) is -1.07. The van der Waals surface area contributed by atoms with E-state index in [1.54, 1.807) is 38.1 Å². The number of carbonyl (C=O) groups is 4. The van der Waals surface area contributed by atoms with Crippen LogP contribution in [-0.2, 0) is 33.2 Å². The molecule has 2 amide bonds. The van der Waals surface area contributed by atoms with E-state index in [0.717, 1.165) is 39.4 Å². The van der Waals surface area contributed by atoms with Crippen LogP contribution in [0.15, 0.2) is 24.3 Å². The van der Waals surface area contributed by atoms with Crippen molar-refractivity contribution in [2.24, 2.45) is 0 Å². The molecule has 2 aliphatic rings. The average Bonchev–Trinajstić information content (AvgIpc) is 3.81. The Morgan fingerprint density at radius 3 is 1.58 bits per heavy atom. The second-order valence-electron chi connectivity index (χ2n) is 11.4. The summed E-state index contributed by atoms with van der Waals surface area (Å²) in [5, 5.41) is 50.6. The molecule has 6 N–H and O–H groups in total. The summed E-state index contributed by atoms with van der Waals surface area (Å²) in [5.41, 5.74) is 3.94. The Morgan fingerprint density at radius 2 is 1.20 bits per heavy atom. The van der Waals surface area contributed by atoms with Crippen LogP contribution >= 0.6 is 22.7 Å². The maximum atomic E-state index is 11.8. The zero-order valence-corrected chi connectivity index (χ0v) is 31.4. The number of fused-ring (bicyclic) bond motifs is 2. The number of nitrogens with one attached hydrogen (secondary N) is 2. The number of carboxylic acid groups (broad SMARTS) is 1. The van der Waals surface area contributed by atoms with Crippen molar-refractivity contribution in [1.82, 2.24) is 20.4 Å². The number of nitrogens with zero attached hydrogens (tertiary/aromatic N) is 4. The number of aliphatic carboxylic acids is 1. The fourth-order valence-electron chi connectivity index (χ4n) is 5.52. The third-order valence-corrected chi connectivity index (χ3v) is 8.79. The first-order valence-corrected chi connectivity index (χ1v) is 17.2. The second-order valence-corrected chi connectivity index (χ2v) is 13.2. The molecule has 0 radical (unpaired) electrons. The van der Waals surface area contributed by atoms with Crippen molar-refractivity contribution in [1.29, 1.82) is 0 Å². The molecule has 2 atom stereocenters. The summed E-state index contributed by atoms with van der Waals surface area (Å²) in [7, 11) is -2.38. The minimum atomic E-state index is -1.22. The molecular weight excluding hydrogens is 757 g/mol. The molecule has 2 aliphatic heterocycles. The minimum Gasteiger partial charge on any atom is -0.870 e. The van der Waals surface area contributed by atoms with Gasteiger partial charge in [0.15, 0.2) is 0 Å². The van der Waals surface area contributed by atoms with Gasteiger partial charge in [-0.05, 0) is 101 Å². The van der Waals surface area contributed by atoms with Crippen LogP contribution in [0.2, 0.25) is 0 Å². The van der Waals surface area contributed by atoms with Crippen LogP contribution in [-0.4, -0.2) is 85.6 Å². The molecular formula is C31H37B2LiN6O13S2. The molecule has 0 saturated carbocycles. The van der Waals surface area contributed by atoms with Gasteiger partial charge in [-0.15, -0.1) is 10.2 Å². The average molecular weight is 794 g/mol. The van der Waals surface area contributed by atoms with Crippen molar-refractivity contribution < 1.29 is 82.2 Å². The summed E-state index contributed by atoms with van der Waals surface area (Å²) in [6, 6.07) is 6.68. The minimum absolute atomic E-state index is 0. The Labute approximate surface area is 335 Å². The maximum Gasteiger partial charge on any atom is 1.00 e. The van der Waals surface area contributed by atoms with Gasteiger partial charge in [0.25, 0.3) is 0 Å². The Kier molecular flexibility index (Phi) is 17.4. The van der Waals surface area contributed by atoms with Crippen molar-refractivity contribution in [3.05, 3.63) is 46.5 Å². The number of esters is 1. The first-order chi connectivity index (χ1) is 24.7. The molecule has 2 aromatic heterocycles. The molecule has 19 nitrogen and oxygen atoms in total. The molecule has 24 heteroatoms. The van der Waals surface area contributed by atoms with Crippen LogP contribution in [0.3, 0.4) is 0 Å². The number of carbonyl (C=O) groups excluding carboxylic acids is 3. The van der Waals surface area contributed by atoms with Crippen molar-refractivity contribution >= 4 is 81.9 Å². The SMILES string of the molecule is C.CC(=O)Nc1nnc(Oc2cc(C)c3c(c2)B(O)OC3CC(=O)O)s1.CCOC(=O)CC1OB(O)c2cc(Oc3nnc(NC(C)=O)s3)cc(C)c21.[Li+].[OH-]. The van der Waals surface area contributed by atoms with Crippen molar-refractivity contribution in [2.75, 3.05) is 17.2 Å². The number of aromatic nitrogens is 4. The molecule has 0 saturated heterocycles. The van der Waals surface area contributed by atoms with E-state index in [0.29, 0.717) is 38.3 Å². The largest absolute Gasteiger partial charge is 1.00 e. The smallest absolute Gasteiger partial charge is 0.870 e. The number of anilines is 2. The molecule has 4 heterocycles. The normalized spacial score (nSPS) is 14.7. The number of benzene rings is 2. The Bertz CT molecular complexity index is 2010. The van der Waals surface area contributed by atoms with E-state index < -0.39 is 32.4 Å². The number of rotatable bonds is 11. The molecule has 6 rings (SSSR count). The third kappa shape index (κ3) is 12.0. The molecule has 0 bridgehead atoms. The first kappa shape index (κ1) is 46.7. The van der Waals surface area contributed by atoms with Gasteiger partial charge in [0, 0.05) is 13.8 Å². The summed E-state index contributed by atoms with van der Waals surface area (Å²) >= 11 is 2.14. The molecule has 2 unspecified atom stereocenters. The predicted octanol–water partition coefficient (Wildman–Crippen LogP) is -0.397. The maximum absolute atomic E-state index is 11.8. The zero-order valence-electron chi connectivity index (χ0n) is 29.8. The van der Waals surface area contributed by atoms with E-state index in [9.17, 15) is 29.2 Å². The number of amides is 2. The van der Waals surface area contributed by atoms with Crippen LogP contribution in [0, 0.1) is 13.8 Å². The van der Waals surface area contributed by atoms with Gasteiger partial charge in [0.1, 0.15) is 11.5 Å². The van der Waals surface area contributed by atoms with Gasteiger partial charge in [-0.3, -0.25) is 19.2 Å². The van der Waals surface area contributed by atoms with Crippen molar-refractivity contribution in [2.45, 2.75) is 67.1 Å². The molecule has 4 aromatic rings. The molecule has 0 fully saturated rings. The van der Waals surface area contributed by atoms with Gasteiger partial charge in [-0.2, -0.15) is 0 Å². The van der Waals surface area contributed by atoms with E-state index in [-0.39, 0.29) is 79.4 Å². The third-order valence-electron chi connectivity index (χ3n) is 7.35. The van der Waals surface area contributed by atoms with Gasteiger partial charge < -0.3 is 54.8 Å². The molecule has 288 valence electrons. The van der Waals surface area contributed by atoms with Gasteiger partial charge in [-0.25, -0.2) is 0 Å². The van der Waals surface area contributed by atoms with Crippen LogP contribution < -0.4 is 49.9 Å². The first-order valence-electron chi connectivity index (χ1n) is 15.6. The summed E-state index contributed by atoms with van der Waals surface area (Å²) < 4.78 is 27.1. The van der Waals surface area contributed by atoms with Gasteiger partial charge >= 0.3 is 55.4 Å². The van der Waals surface area contributed by atoms with E-state index in [2.05, 4.69) is 31.0 Å². The molecule has 0 aliphatic carbocycles. The molecule has 2 aromatic carbocycles. The van der Waals surface area contributed by atoms with Gasteiger partial charge in [0.2, 0.25) is 22.1 Å². The van der Waals surface area contributed by atoms with Crippen LogP contribution in [0.4, 0.5) is 10.3 Å². The van der Waals surface area contributed by atoms with Crippen molar-refractivity contribution in [3.63, 3.8) is 0 Å². The van der Waals surface area contributed by atoms with Gasteiger partial charge in [-0.1, -0.05) is 17.6 Å². The van der Waals surface area contributed by atoms with Crippen LogP contribution in [0.1, 0.15) is 75.5 Å². The number of hydrogen-bond acceptors (Lipinski definition) is 18. The summed E-state index contributed by atoms with van der Waals surface area (Å²) in [6.07, 6.45) is -1.49. The van der Waals surface area contributed by atoms with E-state index in [1.807, 2.05) is 6.92 Å². The van der Waals surface area contributed by atoms with E-state index >= 15 is 0 Å². The van der Waals surface area contributed by atoms with Gasteiger partial charge in [0.05, 0.1) is 31.7 Å². The second kappa shape index (κ2) is 20.5. The monoisotopic (exact) mass is 794 g/mol. The Balaban J connectivity index is 0.000000361. The predicted molar refractivity (Wildman–Crippen MR) is 196 cm³/mol. The van der Waals surface area contributed by atoms with E-state index in [4.69, 9.17) is 28.6 Å². The Hall–Kier alpha value is -4.43. The quantitative estimate of drug-likeness (QED) is 0.0954. The number of carboxylic acids is 1. The number of aryl methyl sites for hydroxylation is 2. The van der Waals surface area contributed by atoms with Crippen LogP contribution in [0.25, 0.3) is 0 Å². The topological polar surface area (TPSA) is 281 Å². The van der Waals surface area contributed by atoms with Crippen molar-refractivity contribution in [3.8, 4) is 21.9 Å². The van der Waals surface area contributed by atoms with E-state index in [1.165, 1.54) is 13.8 Å². The summed E-state index contributed by atoms with van der Waals surface area (Å²) in [6.45, 7) is 8.38. The summed E-state index contributed by atoms with van der Waals surface area (Å²) in [4.78, 5) is 44.8. The number of ether oxygens (including phenoxy) is 3.